The van der Waals surface area contributed by atoms with Gasteiger partial charge in [0.2, 0.25) is 0 Å². The van der Waals surface area contributed by atoms with E-state index in [1.54, 1.807) is 6.92 Å². The second-order valence-electron chi connectivity index (χ2n) is 5.68. The summed E-state index contributed by atoms with van der Waals surface area (Å²) in [4.78, 5) is 25.1. The molecule has 1 aliphatic heterocycles. The third-order valence-electron chi connectivity index (χ3n) is 3.98. The number of carbonyl (C=O) groups excluding carboxylic acids is 1. The van der Waals surface area contributed by atoms with Crippen molar-refractivity contribution in [3.05, 3.63) is 41.3 Å². The lowest BCUT2D eigenvalue weighted by Gasteiger charge is -2.05. The molecule has 3 aromatic heterocycles. The zero-order valence-corrected chi connectivity index (χ0v) is 13.2. The molecule has 0 radical (unpaired) electrons. The molecule has 1 aliphatic rings. The number of imidazole rings is 1. The van der Waals surface area contributed by atoms with Crippen molar-refractivity contribution in [1.29, 1.82) is 0 Å². The highest BCUT2D eigenvalue weighted by Crippen LogP contribution is 2.32. The molecule has 23 heavy (non-hydrogen) atoms. The Morgan fingerprint density at radius 2 is 2.13 bits per heavy atom. The Kier molecular flexibility index (Phi) is 2.94. The number of rotatable bonds is 3. The van der Waals surface area contributed by atoms with Gasteiger partial charge in [-0.05, 0) is 44.5 Å². The summed E-state index contributed by atoms with van der Waals surface area (Å²) in [5, 5.41) is 1.09. The van der Waals surface area contributed by atoms with Gasteiger partial charge >= 0.3 is 5.97 Å². The summed E-state index contributed by atoms with van der Waals surface area (Å²) in [5.41, 5.74) is 5.01. The third-order valence-corrected chi connectivity index (χ3v) is 3.98. The van der Waals surface area contributed by atoms with Gasteiger partial charge in [-0.2, -0.15) is 0 Å². The van der Waals surface area contributed by atoms with Crippen molar-refractivity contribution >= 4 is 28.4 Å². The number of pyridine rings is 2. The first-order valence-corrected chi connectivity index (χ1v) is 7.59. The Bertz CT molecular complexity index is 987. The van der Waals surface area contributed by atoms with Crippen molar-refractivity contribution in [2.45, 2.75) is 26.8 Å². The average Bonchev–Trinajstić information content (AvgIpc) is 3.19. The first-order valence-electron chi connectivity index (χ1n) is 7.59. The van der Waals surface area contributed by atoms with Crippen molar-refractivity contribution in [1.82, 2.24) is 14.4 Å². The highest BCUT2D eigenvalue weighted by atomic mass is 16.5. The molecule has 0 bridgehead atoms. The van der Waals surface area contributed by atoms with Gasteiger partial charge in [-0.15, -0.1) is 0 Å². The lowest BCUT2D eigenvalue weighted by atomic mass is 10.1. The average molecular weight is 308 g/mol. The normalized spacial score (nSPS) is 16.7. The van der Waals surface area contributed by atoms with Crippen LogP contribution >= 0.6 is 0 Å². The Morgan fingerprint density at radius 1 is 1.30 bits per heavy atom. The monoisotopic (exact) mass is 308 g/mol. The molecule has 116 valence electrons. The van der Waals surface area contributed by atoms with E-state index in [0.717, 1.165) is 28.1 Å². The fourth-order valence-corrected chi connectivity index (χ4v) is 2.88. The SMILES string of the molecule is CCOC(=O)C1=NC1c1cn2c(ccc3c(C)cc(C)nc32)n1. The lowest BCUT2D eigenvalue weighted by Crippen LogP contribution is -2.11. The van der Waals surface area contributed by atoms with E-state index < -0.39 is 0 Å². The van der Waals surface area contributed by atoms with Crippen LogP contribution in [-0.4, -0.2) is 32.7 Å². The standard InChI is InChI=1S/C17H16N4O2/c1-4-23-17(22)15-14(20-15)12-8-21-13(19-12)6-5-11-9(2)7-10(3)18-16(11)21/h5-8,14H,4H2,1-3H3. The minimum Gasteiger partial charge on any atom is -0.461 e. The van der Waals surface area contributed by atoms with Crippen LogP contribution in [0.1, 0.15) is 29.9 Å². The summed E-state index contributed by atoms with van der Waals surface area (Å²) in [7, 11) is 0. The summed E-state index contributed by atoms with van der Waals surface area (Å²) < 4.78 is 6.94. The zero-order chi connectivity index (χ0) is 16.1. The molecule has 6 heteroatoms. The topological polar surface area (TPSA) is 68.8 Å². The number of aliphatic imine (C=N–C) groups is 1. The predicted octanol–water partition coefficient (Wildman–Crippen LogP) is 2.56. The maximum absolute atomic E-state index is 11.7. The number of ether oxygens (including phenoxy) is 1. The predicted molar refractivity (Wildman–Crippen MR) is 86.8 cm³/mol. The number of hydrogen-bond donors (Lipinski definition) is 0. The number of fused-ring (bicyclic) bond motifs is 3. The first kappa shape index (κ1) is 13.9. The van der Waals surface area contributed by atoms with E-state index in [4.69, 9.17) is 4.74 Å². The van der Waals surface area contributed by atoms with E-state index >= 15 is 0 Å². The quantitative estimate of drug-likeness (QED) is 0.697. The summed E-state index contributed by atoms with van der Waals surface area (Å²) in [6.07, 6.45) is 1.91. The molecule has 3 aromatic rings. The largest absolute Gasteiger partial charge is 0.461 e. The molecule has 1 unspecified atom stereocenters. The highest BCUT2D eigenvalue weighted by molar-refractivity contribution is 6.44. The molecule has 6 nitrogen and oxygen atoms in total. The maximum atomic E-state index is 11.7. The molecular formula is C17H16N4O2. The number of carbonyl (C=O) groups is 1. The Balaban J connectivity index is 1.78. The van der Waals surface area contributed by atoms with Crippen LogP contribution < -0.4 is 0 Å². The van der Waals surface area contributed by atoms with Crippen molar-refractivity contribution in [3.8, 4) is 0 Å². The molecule has 0 spiro atoms. The van der Waals surface area contributed by atoms with Gasteiger partial charge in [0.05, 0.1) is 12.3 Å². The van der Waals surface area contributed by atoms with Crippen LogP contribution in [-0.2, 0) is 9.53 Å². The van der Waals surface area contributed by atoms with E-state index in [1.807, 2.05) is 29.7 Å². The lowest BCUT2D eigenvalue weighted by molar-refractivity contribution is -0.134. The molecule has 4 rings (SSSR count). The van der Waals surface area contributed by atoms with Gasteiger partial charge in [-0.1, -0.05) is 0 Å². The molecule has 0 fully saturated rings. The van der Waals surface area contributed by atoms with Gasteiger partial charge in [0.25, 0.3) is 0 Å². The Labute approximate surface area is 132 Å². The highest BCUT2D eigenvalue weighted by Gasteiger charge is 2.38. The molecule has 0 saturated heterocycles. The van der Waals surface area contributed by atoms with Crippen LogP contribution in [0.4, 0.5) is 0 Å². The maximum Gasteiger partial charge on any atom is 0.354 e. The molecule has 1 atom stereocenters. The van der Waals surface area contributed by atoms with Crippen LogP contribution in [0, 0.1) is 13.8 Å². The van der Waals surface area contributed by atoms with Gasteiger partial charge in [0.15, 0.2) is 5.71 Å². The Morgan fingerprint density at radius 3 is 2.91 bits per heavy atom. The summed E-state index contributed by atoms with van der Waals surface area (Å²) in [5.74, 6) is -0.357. The smallest absolute Gasteiger partial charge is 0.354 e. The van der Waals surface area contributed by atoms with Crippen molar-refractivity contribution in [2.75, 3.05) is 6.61 Å². The van der Waals surface area contributed by atoms with Crippen LogP contribution in [0.15, 0.2) is 29.4 Å². The van der Waals surface area contributed by atoms with Crippen molar-refractivity contribution in [2.24, 2.45) is 4.99 Å². The number of hydrogen-bond acceptors (Lipinski definition) is 5. The Hall–Kier alpha value is -2.76. The van der Waals surface area contributed by atoms with Crippen LogP contribution in [0.25, 0.3) is 16.7 Å². The summed E-state index contributed by atoms with van der Waals surface area (Å²) in [6.45, 7) is 6.18. The van der Waals surface area contributed by atoms with E-state index in [1.165, 1.54) is 5.56 Å². The van der Waals surface area contributed by atoms with E-state index in [-0.39, 0.29) is 12.0 Å². The summed E-state index contributed by atoms with van der Waals surface area (Å²) >= 11 is 0. The molecule has 0 N–H and O–H groups in total. The minimum absolute atomic E-state index is 0.282. The van der Waals surface area contributed by atoms with E-state index in [9.17, 15) is 4.79 Å². The molecule has 4 heterocycles. The molecule has 0 aromatic carbocycles. The molecule has 0 amide bonds. The molecule has 0 aliphatic carbocycles. The van der Waals surface area contributed by atoms with Crippen molar-refractivity contribution < 1.29 is 9.53 Å². The third kappa shape index (κ3) is 2.18. The number of nitrogens with zero attached hydrogens (tertiary/aromatic N) is 4. The van der Waals surface area contributed by atoms with Gasteiger partial charge < -0.3 is 4.74 Å². The summed E-state index contributed by atoms with van der Waals surface area (Å²) in [6, 6.07) is 5.77. The zero-order valence-electron chi connectivity index (χ0n) is 13.2. The van der Waals surface area contributed by atoms with Crippen LogP contribution in [0.2, 0.25) is 0 Å². The van der Waals surface area contributed by atoms with Gasteiger partial charge in [0.1, 0.15) is 17.3 Å². The second-order valence-corrected chi connectivity index (χ2v) is 5.68. The number of aromatic nitrogens is 3. The van der Waals surface area contributed by atoms with Crippen LogP contribution in [0.5, 0.6) is 0 Å². The van der Waals surface area contributed by atoms with E-state index in [2.05, 4.69) is 28.0 Å². The first-order chi connectivity index (χ1) is 11.1. The fraction of sp³-hybridized carbons (Fsp3) is 0.294. The molecular weight excluding hydrogens is 292 g/mol. The minimum atomic E-state index is -0.357. The van der Waals surface area contributed by atoms with Crippen molar-refractivity contribution in [3.63, 3.8) is 0 Å². The van der Waals surface area contributed by atoms with Gasteiger partial charge in [0, 0.05) is 17.3 Å². The van der Waals surface area contributed by atoms with Crippen LogP contribution in [0.3, 0.4) is 0 Å². The van der Waals surface area contributed by atoms with Gasteiger partial charge in [-0.3, -0.25) is 9.39 Å². The molecule has 0 saturated carbocycles. The number of aryl methyl sites for hydroxylation is 2. The second kappa shape index (κ2) is 4.87. The van der Waals surface area contributed by atoms with E-state index in [0.29, 0.717) is 12.3 Å². The number of esters is 1. The fourth-order valence-electron chi connectivity index (χ4n) is 2.88. The van der Waals surface area contributed by atoms with Gasteiger partial charge in [-0.25, -0.2) is 14.8 Å².